The van der Waals surface area contributed by atoms with E-state index in [-0.39, 0.29) is 11.5 Å². The number of aliphatic hydroxyl groups excluding tert-OH is 1. The van der Waals surface area contributed by atoms with Crippen molar-refractivity contribution in [1.29, 1.82) is 0 Å². The predicted octanol–water partition coefficient (Wildman–Crippen LogP) is 3.04. The third kappa shape index (κ3) is 2.95. The molecule has 0 spiro atoms. The monoisotopic (exact) mass is 392 g/mol. The van der Waals surface area contributed by atoms with Crippen LogP contribution in [0, 0.1) is 0 Å². The average Bonchev–Trinajstić information content (AvgIpc) is 2.91. The van der Waals surface area contributed by atoms with Gasteiger partial charge in [0.05, 0.1) is 17.2 Å². The van der Waals surface area contributed by atoms with E-state index in [9.17, 15) is 8.42 Å². The van der Waals surface area contributed by atoms with E-state index in [1.165, 1.54) is 10.0 Å². The Hall–Kier alpha value is -1.96. The topological polar surface area (TPSA) is 72.2 Å². The van der Waals surface area contributed by atoms with Crippen molar-refractivity contribution in [2.45, 2.75) is 4.90 Å². The van der Waals surface area contributed by atoms with Gasteiger partial charge in [-0.15, -0.1) is 0 Å². The van der Waals surface area contributed by atoms with E-state index in [0.29, 0.717) is 16.7 Å². The second-order valence-corrected chi connectivity index (χ2v) is 7.51. The number of aromatic nitrogens is 2. The van der Waals surface area contributed by atoms with Crippen molar-refractivity contribution in [3.8, 4) is 0 Å². The minimum atomic E-state index is -3.79. The summed E-state index contributed by atoms with van der Waals surface area (Å²) in [5.74, 6) is 0. The number of hydrogen-bond donors (Lipinski definition) is 1. The van der Waals surface area contributed by atoms with Gasteiger partial charge >= 0.3 is 0 Å². The van der Waals surface area contributed by atoms with Gasteiger partial charge in [-0.2, -0.15) is 0 Å². The van der Waals surface area contributed by atoms with Crippen LogP contribution in [0.1, 0.15) is 5.69 Å². The van der Waals surface area contributed by atoms with Crippen LogP contribution >= 0.6 is 15.9 Å². The molecule has 1 aromatic carbocycles. The van der Waals surface area contributed by atoms with Gasteiger partial charge in [-0.1, -0.05) is 24.3 Å². The maximum atomic E-state index is 13.0. The number of nitrogens with zero attached hydrogens (tertiary/aromatic N) is 2. The maximum Gasteiger partial charge on any atom is 0.269 e. The summed E-state index contributed by atoms with van der Waals surface area (Å²) in [6.07, 6.45) is 4.61. The summed E-state index contributed by atoms with van der Waals surface area (Å²) in [4.78, 5) is 4.42. The second-order valence-electron chi connectivity index (χ2n) is 4.80. The van der Waals surface area contributed by atoms with Crippen molar-refractivity contribution >= 4 is 43.1 Å². The van der Waals surface area contributed by atoms with E-state index in [1.54, 1.807) is 54.7 Å². The summed E-state index contributed by atoms with van der Waals surface area (Å²) >= 11 is 3.34. The van der Waals surface area contributed by atoms with E-state index < -0.39 is 10.0 Å². The molecule has 0 atom stereocenters. The van der Waals surface area contributed by atoms with Crippen molar-refractivity contribution in [2.75, 3.05) is 6.61 Å². The van der Waals surface area contributed by atoms with Crippen LogP contribution in [-0.4, -0.2) is 29.1 Å². The molecule has 2 heterocycles. The van der Waals surface area contributed by atoms with Gasteiger partial charge in [-0.3, -0.25) is 0 Å². The summed E-state index contributed by atoms with van der Waals surface area (Å²) < 4.78 is 27.9. The van der Waals surface area contributed by atoms with E-state index >= 15 is 0 Å². The first-order chi connectivity index (χ1) is 11.0. The van der Waals surface area contributed by atoms with Gasteiger partial charge in [0.2, 0.25) is 0 Å². The Balaban J connectivity index is 2.32. The van der Waals surface area contributed by atoms with Crippen LogP contribution in [0.15, 0.2) is 64.1 Å². The van der Waals surface area contributed by atoms with Gasteiger partial charge < -0.3 is 5.11 Å². The van der Waals surface area contributed by atoms with Gasteiger partial charge in [-0.05, 0) is 46.3 Å². The molecule has 0 aliphatic carbocycles. The molecule has 2 aromatic heterocycles. The van der Waals surface area contributed by atoms with Crippen LogP contribution in [0.5, 0.6) is 0 Å². The van der Waals surface area contributed by atoms with Crippen molar-refractivity contribution in [1.82, 2.24) is 8.96 Å². The first-order valence-electron chi connectivity index (χ1n) is 6.79. The van der Waals surface area contributed by atoms with Crippen molar-refractivity contribution in [3.05, 3.63) is 64.9 Å². The highest BCUT2D eigenvalue weighted by molar-refractivity contribution is 9.10. The highest BCUT2D eigenvalue weighted by Crippen LogP contribution is 2.27. The van der Waals surface area contributed by atoms with Crippen LogP contribution in [0.2, 0.25) is 0 Å². The predicted molar refractivity (Wildman–Crippen MR) is 92.6 cm³/mol. The second kappa shape index (κ2) is 6.27. The molecule has 0 fully saturated rings. The van der Waals surface area contributed by atoms with Gasteiger partial charge in [0.15, 0.2) is 5.65 Å². The van der Waals surface area contributed by atoms with E-state index in [4.69, 9.17) is 5.11 Å². The standard InChI is InChI=1S/C16H13BrN2O3S/c17-13-9-12-10-14(5-4-8-20)19(16(12)18-11-13)23(21,22)15-6-2-1-3-7-15/h1-7,9-11,20H,8H2. The lowest BCUT2D eigenvalue weighted by atomic mass is 10.3. The fraction of sp³-hybridized carbons (Fsp3) is 0.0625. The Morgan fingerprint density at radius 3 is 2.65 bits per heavy atom. The van der Waals surface area contributed by atoms with Crippen molar-refractivity contribution in [2.24, 2.45) is 0 Å². The fourth-order valence-corrected chi connectivity index (χ4v) is 4.14. The molecule has 5 nitrogen and oxygen atoms in total. The van der Waals surface area contributed by atoms with Gasteiger partial charge in [0.25, 0.3) is 10.0 Å². The molecular weight excluding hydrogens is 380 g/mol. The molecule has 0 saturated heterocycles. The lowest BCUT2D eigenvalue weighted by molar-refractivity contribution is 0.343. The highest BCUT2D eigenvalue weighted by Gasteiger charge is 2.22. The Morgan fingerprint density at radius 1 is 1.22 bits per heavy atom. The highest BCUT2D eigenvalue weighted by atomic mass is 79.9. The van der Waals surface area contributed by atoms with E-state index in [2.05, 4.69) is 20.9 Å². The SMILES string of the molecule is O=S(=O)(c1ccccc1)n1c(C=CCO)cc2cc(Br)cnc21. The molecule has 0 aliphatic rings. The van der Waals surface area contributed by atoms with E-state index in [1.807, 2.05) is 0 Å². The summed E-state index contributed by atoms with van der Waals surface area (Å²) in [7, 11) is -3.79. The fourth-order valence-electron chi connectivity index (χ4n) is 2.30. The number of rotatable bonds is 4. The van der Waals surface area contributed by atoms with Crippen LogP contribution in [-0.2, 0) is 10.0 Å². The minimum absolute atomic E-state index is 0.177. The molecule has 0 aliphatic heterocycles. The molecule has 118 valence electrons. The zero-order chi connectivity index (χ0) is 16.4. The number of hydrogen-bond acceptors (Lipinski definition) is 4. The first kappa shape index (κ1) is 15.9. The smallest absolute Gasteiger partial charge is 0.269 e. The Bertz CT molecular complexity index is 979. The molecule has 23 heavy (non-hydrogen) atoms. The molecular formula is C16H13BrN2O3S. The van der Waals surface area contributed by atoms with Gasteiger partial charge in [0, 0.05) is 16.1 Å². The van der Waals surface area contributed by atoms with Crippen LogP contribution < -0.4 is 0 Å². The molecule has 0 bridgehead atoms. The third-order valence-electron chi connectivity index (χ3n) is 3.27. The zero-order valence-corrected chi connectivity index (χ0v) is 14.3. The number of aliphatic hydroxyl groups is 1. The molecule has 1 N–H and O–H groups in total. The number of fused-ring (bicyclic) bond motifs is 1. The minimum Gasteiger partial charge on any atom is -0.392 e. The summed E-state index contributed by atoms with van der Waals surface area (Å²) in [5.41, 5.74) is 0.776. The molecule has 0 saturated carbocycles. The summed E-state index contributed by atoms with van der Waals surface area (Å²) in [5, 5.41) is 9.68. The Kier molecular flexibility index (Phi) is 4.34. The number of pyridine rings is 1. The first-order valence-corrected chi connectivity index (χ1v) is 9.02. The van der Waals surface area contributed by atoms with Crippen LogP contribution in [0.3, 0.4) is 0 Å². The molecule has 3 aromatic rings. The Labute approximate surface area is 142 Å². The van der Waals surface area contributed by atoms with Gasteiger partial charge in [0.1, 0.15) is 0 Å². The molecule has 0 unspecified atom stereocenters. The van der Waals surface area contributed by atoms with Gasteiger partial charge in [-0.25, -0.2) is 17.4 Å². The van der Waals surface area contributed by atoms with Crippen LogP contribution in [0.25, 0.3) is 17.1 Å². The Morgan fingerprint density at radius 2 is 1.96 bits per heavy atom. The third-order valence-corrected chi connectivity index (χ3v) is 5.43. The zero-order valence-electron chi connectivity index (χ0n) is 11.9. The normalized spacial score (nSPS) is 12.3. The number of halogens is 1. The van der Waals surface area contributed by atoms with Crippen molar-refractivity contribution in [3.63, 3.8) is 0 Å². The molecule has 0 amide bonds. The molecule has 7 heteroatoms. The van der Waals surface area contributed by atoms with Crippen molar-refractivity contribution < 1.29 is 13.5 Å². The lowest BCUT2D eigenvalue weighted by Crippen LogP contribution is -2.14. The van der Waals surface area contributed by atoms with E-state index in [0.717, 1.165) is 4.47 Å². The molecule has 3 rings (SSSR count). The largest absolute Gasteiger partial charge is 0.392 e. The number of benzene rings is 1. The summed E-state index contributed by atoms with van der Waals surface area (Å²) in [6, 6.07) is 11.7. The molecule has 0 radical (unpaired) electrons. The summed E-state index contributed by atoms with van der Waals surface area (Å²) in [6.45, 7) is -0.177. The lowest BCUT2D eigenvalue weighted by Gasteiger charge is -2.09. The maximum absolute atomic E-state index is 13.0. The quantitative estimate of drug-likeness (QED) is 0.740. The average molecular weight is 393 g/mol. The van der Waals surface area contributed by atoms with Crippen LogP contribution in [0.4, 0.5) is 0 Å².